The second-order valence-electron chi connectivity index (χ2n) is 3.00. The third kappa shape index (κ3) is 1.52. The average molecular weight is 176 g/mol. The first kappa shape index (κ1) is 8.17. The summed E-state index contributed by atoms with van der Waals surface area (Å²) < 4.78 is 10.6. The first-order valence-corrected chi connectivity index (χ1v) is 4.52. The Bertz CT molecular complexity index is 357. The molecular weight excluding hydrogens is 164 g/mol. The van der Waals surface area contributed by atoms with E-state index in [4.69, 9.17) is 8.83 Å². The van der Waals surface area contributed by atoms with Crippen molar-refractivity contribution in [1.29, 1.82) is 0 Å². The molecule has 2 nitrogen and oxygen atoms in total. The van der Waals surface area contributed by atoms with Crippen LogP contribution in [0, 0.1) is 0 Å². The molecular formula is C11H12O2. The summed E-state index contributed by atoms with van der Waals surface area (Å²) in [6, 6.07) is 5.78. The molecule has 0 aliphatic heterocycles. The molecule has 0 unspecified atom stereocenters. The maximum absolute atomic E-state index is 5.37. The van der Waals surface area contributed by atoms with Gasteiger partial charge >= 0.3 is 0 Å². The summed E-state index contributed by atoms with van der Waals surface area (Å²) in [6.07, 6.45) is 5.52. The average Bonchev–Trinajstić information content (AvgIpc) is 2.71. The van der Waals surface area contributed by atoms with Crippen molar-refractivity contribution in [3.8, 4) is 11.5 Å². The lowest BCUT2D eigenvalue weighted by Gasteiger charge is -1.96. The van der Waals surface area contributed by atoms with E-state index in [-0.39, 0.29) is 0 Å². The van der Waals surface area contributed by atoms with Crippen LogP contribution in [0.15, 0.2) is 39.6 Å². The molecule has 0 aromatic carbocycles. The lowest BCUT2D eigenvalue weighted by atomic mass is 10.1. The smallest absolute Gasteiger partial charge is 0.172 e. The molecule has 0 saturated carbocycles. The molecule has 68 valence electrons. The van der Waals surface area contributed by atoms with Gasteiger partial charge in [-0.25, -0.2) is 0 Å². The zero-order chi connectivity index (χ0) is 9.10. The van der Waals surface area contributed by atoms with Crippen molar-refractivity contribution in [3.63, 3.8) is 0 Å². The van der Waals surface area contributed by atoms with Gasteiger partial charge < -0.3 is 8.83 Å². The zero-order valence-electron chi connectivity index (χ0n) is 7.62. The van der Waals surface area contributed by atoms with Gasteiger partial charge in [0.2, 0.25) is 0 Å². The molecule has 0 spiro atoms. The van der Waals surface area contributed by atoms with Crippen LogP contribution in [0.2, 0.25) is 0 Å². The standard InChI is InChI=1S/C11H12O2/c1-2-4-9-6-8-13-11(9)10-5-3-7-12-10/h3,5-8H,2,4H2,1H3. The number of hydrogen-bond donors (Lipinski definition) is 0. The van der Waals surface area contributed by atoms with Gasteiger partial charge in [-0.2, -0.15) is 0 Å². The fraction of sp³-hybridized carbons (Fsp3) is 0.273. The van der Waals surface area contributed by atoms with Crippen LogP contribution >= 0.6 is 0 Å². The van der Waals surface area contributed by atoms with Crippen LogP contribution in [-0.2, 0) is 6.42 Å². The van der Waals surface area contributed by atoms with E-state index in [1.165, 1.54) is 5.56 Å². The van der Waals surface area contributed by atoms with E-state index in [9.17, 15) is 0 Å². The number of furan rings is 2. The monoisotopic (exact) mass is 176 g/mol. The third-order valence-electron chi connectivity index (χ3n) is 2.01. The number of hydrogen-bond acceptors (Lipinski definition) is 2. The molecule has 0 saturated heterocycles. The topological polar surface area (TPSA) is 26.3 Å². The fourth-order valence-corrected chi connectivity index (χ4v) is 1.43. The Balaban J connectivity index is 2.35. The zero-order valence-corrected chi connectivity index (χ0v) is 7.62. The number of aryl methyl sites for hydroxylation is 1. The highest BCUT2D eigenvalue weighted by Gasteiger charge is 2.09. The van der Waals surface area contributed by atoms with Crippen molar-refractivity contribution in [3.05, 3.63) is 36.3 Å². The molecule has 0 N–H and O–H groups in total. The largest absolute Gasteiger partial charge is 0.461 e. The Hall–Kier alpha value is -1.44. The molecule has 13 heavy (non-hydrogen) atoms. The Kier molecular flexibility index (Phi) is 2.21. The van der Waals surface area contributed by atoms with Crippen LogP contribution in [0.25, 0.3) is 11.5 Å². The molecule has 2 heteroatoms. The molecule has 0 radical (unpaired) electrons. The minimum absolute atomic E-state index is 0.813. The van der Waals surface area contributed by atoms with Crippen molar-refractivity contribution in [2.75, 3.05) is 0 Å². The molecule has 2 heterocycles. The van der Waals surface area contributed by atoms with Crippen molar-refractivity contribution in [1.82, 2.24) is 0 Å². The van der Waals surface area contributed by atoms with Crippen molar-refractivity contribution < 1.29 is 8.83 Å². The summed E-state index contributed by atoms with van der Waals surface area (Å²) in [6.45, 7) is 2.15. The Morgan fingerprint density at radius 1 is 1.15 bits per heavy atom. The summed E-state index contributed by atoms with van der Waals surface area (Å²) in [5.41, 5.74) is 1.22. The highest BCUT2D eigenvalue weighted by molar-refractivity contribution is 5.54. The lowest BCUT2D eigenvalue weighted by Crippen LogP contribution is -1.81. The Morgan fingerprint density at radius 2 is 2.08 bits per heavy atom. The number of rotatable bonds is 3. The second kappa shape index (κ2) is 3.52. The maximum Gasteiger partial charge on any atom is 0.172 e. The Labute approximate surface area is 77.2 Å². The van der Waals surface area contributed by atoms with Crippen LogP contribution < -0.4 is 0 Å². The van der Waals surface area contributed by atoms with Gasteiger partial charge in [0.1, 0.15) is 0 Å². The summed E-state index contributed by atoms with van der Waals surface area (Å²) in [4.78, 5) is 0. The van der Waals surface area contributed by atoms with Gasteiger partial charge in [0.15, 0.2) is 11.5 Å². The predicted octanol–water partition coefficient (Wildman–Crippen LogP) is 3.49. The predicted molar refractivity (Wildman–Crippen MR) is 50.4 cm³/mol. The highest BCUT2D eigenvalue weighted by atomic mass is 16.4. The minimum Gasteiger partial charge on any atom is -0.461 e. The van der Waals surface area contributed by atoms with Crippen LogP contribution in [-0.4, -0.2) is 0 Å². The second-order valence-corrected chi connectivity index (χ2v) is 3.00. The summed E-state index contributed by atoms with van der Waals surface area (Å²) >= 11 is 0. The highest BCUT2D eigenvalue weighted by Crippen LogP contribution is 2.25. The van der Waals surface area contributed by atoms with Gasteiger partial charge in [0.05, 0.1) is 12.5 Å². The van der Waals surface area contributed by atoms with Gasteiger partial charge in [0.25, 0.3) is 0 Å². The van der Waals surface area contributed by atoms with E-state index >= 15 is 0 Å². The van der Waals surface area contributed by atoms with Gasteiger partial charge in [-0.1, -0.05) is 13.3 Å². The van der Waals surface area contributed by atoms with Gasteiger partial charge in [-0.05, 0) is 24.6 Å². The van der Waals surface area contributed by atoms with Gasteiger partial charge in [-0.3, -0.25) is 0 Å². The normalized spacial score (nSPS) is 10.5. The van der Waals surface area contributed by atoms with Crippen molar-refractivity contribution in [2.45, 2.75) is 19.8 Å². The van der Waals surface area contributed by atoms with Crippen LogP contribution in [0.1, 0.15) is 18.9 Å². The summed E-state index contributed by atoms with van der Waals surface area (Å²) in [5.74, 6) is 1.68. The van der Waals surface area contributed by atoms with Gasteiger partial charge in [0, 0.05) is 5.56 Å². The van der Waals surface area contributed by atoms with Crippen LogP contribution in [0.5, 0.6) is 0 Å². The van der Waals surface area contributed by atoms with Gasteiger partial charge in [-0.15, -0.1) is 0 Å². The first-order valence-electron chi connectivity index (χ1n) is 4.52. The molecule has 0 fully saturated rings. The molecule has 2 aromatic rings. The van der Waals surface area contributed by atoms with Crippen LogP contribution in [0.4, 0.5) is 0 Å². The summed E-state index contributed by atoms with van der Waals surface area (Å²) in [7, 11) is 0. The maximum atomic E-state index is 5.37. The minimum atomic E-state index is 0.813. The molecule has 0 bridgehead atoms. The SMILES string of the molecule is CCCc1ccoc1-c1ccco1. The molecule has 0 atom stereocenters. The van der Waals surface area contributed by atoms with E-state index in [0.717, 1.165) is 24.4 Å². The quantitative estimate of drug-likeness (QED) is 0.715. The third-order valence-corrected chi connectivity index (χ3v) is 2.01. The van der Waals surface area contributed by atoms with Crippen molar-refractivity contribution in [2.24, 2.45) is 0 Å². The Morgan fingerprint density at radius 3 is 2.77 bits per heavy atom. The fourth-order valence-electron chi connectivity index (χ4n) is 1.43. The van der Waals surface area contributed by atoms with E-state index in [2.05, 4.69) is 6.92 Å². The van der Waals surface area contributed by atoms with Crippen LogP contribution in [0.3, 0.4) is 0 Å². The van der Waals surface area contributed by atoms with E-state index in [1.54, 1.807) is 12.5 Å². The lowest BCUT2D eigenvalue weighted by molar-refractivity contribution is 0.522. The molecule has 2 aromatic heterocycles. The molecule has 0 amide bonds. The van der Waals surface area contributed by atoms with E-state index in [0.29, 0.717) is 0 Å². The van der Waals surface area contributed by atoms with Crippen molar-refractivity contribution >= 4 is 0 Å². The first-order chi connectivity index (χ1) is 6.42. The van der Waals surface area contributed by atoms with E-state index in [1.807, 2.05) is 18.2 Å². The molecule has 0 aliphatic rings. The molecule has 0 aliphatic carbocycles. The summed E-state index contributed by atoms with van der Waals surface area (Å²) in [5, 5.41) is 0. The van der Waals surface area contributed by atoms with E-state index < -0.39 is 0 Å². The molecule has 2 rings (SSSR count).